The monoisotopic (exact) mass is 487 g/mol. The summed E-state index contributed by atoms with van der Waals surface area (Å²) in [4.78, 5) is 43.9. The van der Waals surface area contributed by atoms with Gasteiger partial charge in [0.25, 0.3) is 11.1 Å². The van der Waals surface area contributed by atoms with E-state index in [-0.39, 0.29) is 36.6 Å². The minimum atomic E-state index is -0.378. The molecule has 1 N–H and O–H groups in total. The van der Waals surface area contributed by atoms with E-state index >= 15 is 0 Å². The molecule has 3 amide bonds. The molecule has 1 saturated heterocycles. The highest BCUT2D eigenvalue weighted by Gasteiger charge is 2.34. The number of aryl methyl sites for hydroxylation is 1. The van der Waals surface area contributed by atoms with Crippen LogP contribution in [-0.2, 0) is 16.0 Å². The molecule has 4 rings (SSSR count). The number of oxazole rings is 1. The van der Waals surface area contributed by atoms with Gasteiger partial charge in [0.05, 0.1) is 21.9 Å². The van der Waals surface area contributed by atoms with E-state index in [0.717, 1.165) is 27.1 Å². The first-order valence-corrected chi connectivity index (χ1v) is 11.8. The van der Waals surface area contributed by atoms with Crippen LogP contribution in [-0.4, -0.2) is 40.0 Å². The molecule has 3 heterocycles. The van der Waals surface area contributed by atoms with Crippen molar-refractivity contribution in [2.24, 2.45) is 0 Å². The van der Waals surface area contributed by atoms with Gasteiger partial charge in [-0.3, -0.25) is 19.3 Å². The smallest absolute Gasteiger partial charge is 0.293 e. The SMILES string of the molecule is Cc1oc(-c2cccs2)nc1CC(=O)NCCN1C(=O)S/C(=C/c2ccc(Cl)cc2)C1=O. The van der Waals surface area contributed by atoms with E-state index in [1.807, 2.05) is 17.5 Å². The quantitative estimate of drug-likeness (QED) is 0.483. The molecule has 2 aromatic heterocycles. The number of thiophene rings is 1. The molecule has 1 aromatic carbocycles. The van der Waals surface area contributed by atoms with Crippen molar-refractivity contribution in [1.82, 2.24) is 15.2 Å². The third-order valence-electron chi connectivity index (χ3n) is 4.65. The van der Waals surface area contributed by atoms with Crippen LogP contribution < -0.4 is 5.32 Å². The van der Waals surface area contributed by atoms with E-state index in [9.17, 15) is 14.4 Å². The van der Waals surface area contributed by atoms with Gasteiger partial charge < -0.3 is 9.73 Å². The van der Waals surface area contributed by atoms with E-state index in [1.54, 1.807) is 37.3 Å². The van der Waals surface area contributed by atoms with Crippen LogP contribution >= 0.6 is 34.7 Å². The van der Waals surface area contributed by atoms with Gasteiger partial charge in [-0.15, -0.1) is 11.3 Å². The summed E-state index contributed by atoms with van der Waals surface area (Å²) < 4.78 is 5.65. The minimum absolute atomic E-state index is 0.0546. The maximum absolute atomic E-state index is 12.6. The zero-order valence-corrected chi connectivity index (χ0v) is 19.4. The van der Waals surface area contributed by atoms with Crippen LogP contribution in [0.5, 0.6) is 0 Å². The zero-order valence-electron chi connectivity index (χ0n) is 17.0. The standard InChI is InChI=1S/C22H18ClN3O4S2/c1-13-16(25-20(30-13)17-3-2-10-31-17)12-19(27)24-8-9-26-21(28)18(32-22(26)29)11-14-4-6-15(23)7-5-14/h2-7,10-11H,8-9,12H2,1H3,(H,24,27)/b18-11+. The molecular formula is C22H18ClN3O4S2. The Labute approximate surface area is 197 Å². The Morgan fingerprint density at radius 2 is 2.03 bits per heavy atom. The molecule has 0 saturated carbocycles. The number of aromatic nitrogens is 1. The summed E-state index contributed by atoms with van der Waals surface area (Å²) in [5.41, 5.74) is 1.33. The van der Waals surface area contributed by atoms with Gasteiger partial charge in [-0.2, -0.15) is 0 Å². The van der Waals surface area contributed by atoms with Gasteiger partial charge in [-0.05, 0) is 53.9 Å². The van der Waals surface area contributed by atoms with E-state index in [0.29, 0.717) is 27.3 Å². The Balaban J connectivity index is 1.30. The molecule has 10 heteroatoms. The van der Waals surface area contributed by atoms with E-state index < -0.39 is 0 Å². The first kappa shape index (κ1) is 22.3. The van der Waals surface area contributed by atoms with Crippen LogP contribution in [0.3, 0.4) is 0 Å². The fraction of sp³-hybridized carbons (Fsp3) is 0.182. The Hall–Kier alpha value is -2.88. The number of hydrogen-bond acceptors (Lipinski definition) is 7. The molecule has 0 spiro atoms. The number of hydrogen-bond donors (Lipinski definition) is 1. The summed E-state index contributed by atoms with van der Waals surface area (Å²) in [5, 5.41) is 4.89. The number of imide groups is 1. The van der Waals surface area contributed by atoms with Gasteiger partial charge in [0.2, 0.25) is 11.8 Å². The average Bonchev–Trinajstić information content (AvgIpc) is 3.47. The lowest BCUT2D eigenvalue weighted by Gasteiger charge is -2.12. The third-order valence-corrected chi connectivity index (χ3v) is 6.67. The molecule has 32 heavy (non-hydrogen) atoms. The highest BCUT2D eigenvalue weighted by atomic mass is 35.5. The van der Waals surface area contributed by atoms with Gasteiger partial charge in [-0.1, -0.05) is 29.8 Å². The lowest BCUT2D eigenvalue weighted by molar-refractivity contribution is -0.124. The predicted octanol–water partition coefficient (Wildman–Crippen LogP) is 4.76. The van der Waals surface area contributed by atoms with Crippen LogP contribution in [0.15, 0.2) is 51.1 Å². The predicted molar refractivity (Wildman–Crippen MR) is 125 cm³/mol. The second kappa shape index (κ2) is 9.72. The van der Waals surface area contributed by atoms with Crippen molar-refractivity contribution >= 4 is 57.8 Å². The summed E-state index contributed by atoms with van der Waals surface area (Å²) in [7, 11) is 0. The van der Waals surface area contributed by atoms with Crippen LogP contribution in [0.25, 0.3) is 16.8 Å². The number of halogens is 1. The number of nitrogens with one attached hydrogen (secondary N) is 1. The number of nitrogens with zero attached hydrogens (tertiary/aromatic N) is 2. The van der Waals surface area contributed by atoms with E-state index in [1.165, 1.54) is 11.3 Å². The number of rotatable bonds is 7. The van der Waals surface area contributed by atoms with Crippen LogP contribution in [0.2, 0.25) is 5.02 Å². The summed E-state index contributed by atoms with van der Waals surface area (Å²) in [6, 6.07) is 10.8. The molecular weight excluding hydrogens is 470 g/mol. The molecule has 1 aliphatic rings. The summed E-state index contributed by atoms with van der Waals surface area (Å²) in [6.07, 6.45) is 1.71. The summed E-state index contributed by atoms with van der Waals surface area (Å²) >= 11 is 8.26. The fourth-order valence-corrected chi connectivity index (χ4v) is 4.66. The Kier molecular flexibility index (Phi) is 6.78. The number of carbonyl (C=O) groups is 3. The molecule has 164 valence electrons. The highest BCUT2D eigenvalue weighted by Crippen LogP contribution is 2.32. The fourth-order valence-electron chi connectivity index (χ4n) is 3.02. The number of carbonyl (C=O) groups excluding carboxylic acids is 3. The number of benzene rings is 1. The Morgan fingerprint density at radius 3 is 2.75 bits per heavy atom. The molecule has 3 aromatic rings. The highest BCUT2D eigenvalue weighted by molar-refractivity contribution is 8.18. The molecule has 0 aliphatic carbocycles. The minimum Gasteiger partial charge on any atom is -0.440 e. The summed E-state index contributed by atoms with van der Waals surface area (Å²) in [6.45, 7) is 2.01. The van der Waals surface area contributed by atoms with Crippen molar-refractivity contribution in [1.29, 1.82) is 0 Å². The van der Waals surface area contributed by atoms with E-state index in [4.69, 9.17) is 16.0 Å². The Morgan fingerprint density at radius 1 is 1.25 bits per heavy atom. The van der Waals surface area contributed by atoms with Gasteiger partial charge in [0.15, 0.2) is 0 Å². The summed E-state index contributed by atoms with van der Waals surface area (Å²) in [5.74, 6) is 0.437. The molecule has 7 nitrogen and oxygen atoms in total. The van der Waals surface area contributed by atoms with Crippen molar-refractivity contribution in [2.75, 3.05) is 13.1 Å². The van der Waals surface area contributed by atoms with Crippen LogP contribution in [0.4, 0.5) is 4.79 Å². The second-order valence-electron chi connectivity index (χ2n) is 6.91. The molecule has 0 bridgehead atoms. The zero-order chi connectivity index (χ0) is 22.7. The van der Waals surface area contributed by atoms with Gasteiger partial charge in [-0.25, -0.2) is 4.98 Å². The normalized spacial score (nSPS) is 15.1. The maximum Gasteiger partial charge on any atom is 0.293 e. The van der Waals surface area contributed by atoms with Crippen molar-refractivity contribution in [3.05, 3.63) is 68.7 Å². The lowest BCUT2D eigenvalue weighted by atomic mass is 10.2. The Bertz CT molecular complexity index is 1190. The van der Waals surface area contributed by atoms with Crippen molar-refractivity contribution < 1.29 is 18.8 Å². The lowest BCUT2D eigenvalue weighted by Crippen LogP contribution is -2.37. The first-order valence-electron chi connectivity index (χ1n) is 9.68. The number of amides is 3. The topological polar surface area (TPSA) is 92.5 Å². The maximum atomic E-state index is 12.6. The molecule has 0 unspecified atom stereocenters. The van der Waals surface area contributed by atoms with Gasteiger partial charge in [0, 0.05) is 18.1 Å². The second-order valence-corrected chi connectivity index (χ2v) is 9.29. The number of thioether (sulfide) groups is 1. The largest absolute Gasteiger partial charge is 0.440 e. The van der Waals surface area contributed by atoms with Crippen molar-refractivity contribution in [2.45, 2.75) is 13.3 Å². The molecule has 1 fully saturated rings. The van der Waals surface area contributed by atoms with Gasteiger partial charge >= 0.3 is 0 Å². The third kappa shape index (κ3) is 5.12. The first-order chi connectivity index (χ1) is 15.4. The van der Waals surface area contributed by atoms with Gasteiger partial charge in [0.1, 0.15) is 5.76 Å². The van der Waals surface area contributed by atoms with E-state index in [2.05, 4.69) is 10.3 Å². The van der Waals surface area contributed by atoms with Crippen LogP contribution in [0.1, 0.15) is 17.0 Å². The van der Waals surface area contributed by atoms with Crippen molar-refractivity contribution in [3.8, 4) is 10.8 Å². The average molecular weight is 488 g/mol. The molecule has 1 aliphatic heterocycles. The van der Waals surface area contributed by atoms with Crippen LogP contribution in [0, 0.1) is 6.92 Å². The molecule has 0 radical (unpaired) electrons. The van der Waals surface area contributed by atoms with Crippen molar-refractivity contribution in [3.63, 3.8) is 0 Å². The molecule has 0 atom stereocenters.